The van der Waals surface area contributed by atoms with Gasteiger partial charge in [-0.2, -0.15) is 0 Å². The second-order valence-electron chi connectivity index (χ2n) is 13.6. The number of halogens is 1. The topological polar surface area (TPSA) is 163 Å². The Labute approximate surface area is 284 Å². The van der Waals surface area contributed by atoms with Gasteiger partial charge in [0, 0.05) is 17.9 Å². The molecule has 1 aliphatic heterocycles. The Balaban J connectivity index is 0.00000518. The largest absolute Gasteiger partial charge is 0.343 e. The van der Waals surface area contributed by atoms with Gasteiger partial charge in [0.2, 0.25) is 29.5 Å². The number of nitrogens with one attached hydrogen (secondary N) is 4. The first-order valence-electron chi connectivity index (χ1n) is 16.3. The number of carbonyl (C=O) groups excluding carboxylic acids is 5. The molecular formula is C34H57BrN6O5. The van der Waals surface area contributed by atoms with Gasteiger partial charge in [0.05, 0.1) is 0 Å². The Kier molecular flexibility index (Phi) is 17.5. The van der Waals surface area contributed by atoms with Gasteiger partial charge >= 0.3 is 0 Å². The van der Waals surface area contributed by atoms with Crippen LogP contribution in [0.5, 0.6) is 0 Å². The molecule has 260 valence electrons. The highest BCUT2D eigenvalue weighted by Crippen LogP contribution is 2.18. The van der Waals surface area contributed by atoms with Crippen molar-refractivity contribution >= 4 is 45.5 Å². The maximum Gasteiger partial charge on any atom is 0.245 e. The Morgan fingerprint density at radius 2 is 1.11 bits per heavy atom. The molecule has 0 bridgehead atoms. The molecular weight excluding hydrogens is 652 g/mol. The van der Waals surface area contributed by atoms with E-state index in [4.69, 9.17) is 0 Å². The molecule has 12 heteroatoms. The van der Waals surface area contributed by atoms with Crippen molar-refractivity contribution in [1.29, 1.82) is 0 Å². The molecule has 0 aliphatic carbocycles. The number of nitrogens with two attached hydrogens (primary N) is 1. The molecule has 5 atom stereocenters. The van der Waals surface area contributed by atoms with Crippen molar-refractivity contribution in [2.24, 2.45) is 29.4 Å². The van der Waals surface area contributed by atoms with Gasteiger partial charge in [-0.05, 0) is 67.7 Å². The van der Waals surface area contributed by atoms with E-state index in [0.717, 1.165) is 10.0 Å². The number of carbonyl (C=O) groups is 5. The van der Waals surface area contributed by atoms with Crippen LogP contribution in [0.15, 0.2) is 28.7 Å². The van der Waals surface area contributed by atoms with Crippen LogP contribution in [0.2, 0.25) is 0 Å². The lowest BCUT2D eigenvalue weighted by atomic mass is 9.97. The van der Waals surface area contributed by atoms with Crippen LogP contribution in [0.25, 0.3) is 0 Å². The van der Waals surface area contributed by atoms with E-state index in [9.17, 15) is 24.0 Å². The fraction of sp³-hybridized carbons (Fsp3) is 0.676. The summed E-state index contributed by atoms with van der Waals surface area (Å²) in [5, 5.41) is 11.5. The fourth-order valence-electron chi connectivity index (χ4n) is 5.34. The van der Waals surface area contributed by atoms with Gasteiger partial charge in [0.25, 0.3) is 0 Å². The monoisotopic (exact) mass is 708 g/mol. The highest BCUT2D eigenvalue weighted by atomic mass is 79.9. The number of benzene rings is 1. The van der Waals surface area contributed by atoms with Gasteiger partial charge in [0.15, 0.2) is 0 Å². The molecule has 1 fully saturated rings. The Morgan fingerprint density at radius 3 is 1.61 bits per heavy atom. The molecule has 11 nitrogen and oxygen atoms in total. The zero-order valence-corrected chi connectivity index (χ0v) is 30.9. The second-order valence-corrected chi connectivity index (χ2v) is 14.5. The smallest absolute Gasteiger partial charge is 0.245 e. The van der Waals surface area contributed by atoms with Gasteiger partial charge in [-0.3, -0.25) is 24.0 Å². The van der Waals surface area contributed by atoms with Gasteiger partial charge < -0.3 is 31.9 Å². The van der Waals surface area contributed by atoms with Crippen molar-refractivity contribution < 1.29 is 24.0 Å². The van der Waals surface area contributed by atoms with Crippen molar-refractivity contribution in [3.05, 3.63) is 34.3 Å². The Hall–Kier alpha value is -2.99. The minimum atomic E-state index is -1.01. The average Bonchev–Trinajstić information content (AvgIpc) is 2.97. The highest BCUT2D eigenvalue weighted by Gasteiger charge is 2.38. The van der Waals surface area contributed by atoms with Crippen molar-refractivity contribution in [3.8, 4) is 0 Å². The zero-order chi connectivity index (χ0) is 35.3. The first kappa shape index (κ1) is 41.0. The Morgan fingerprint density at radius 1 is 0.652 bits per heavy atom. The van der Waals surface area contributed by atoms with Gasteiger partial charge in [0.1, 0.15) is 30.2 Å². The normalized spacial score (nSPS) is 23.7. The SMILES string of the molecule is CC(C)C[C@@H]1NC(=O)[C@H](C(C)C)NC(=O)[C@H](CC(C)C)N(C)C(=O)[C@H](CC(C)C)NC(=O)[C@H](Cc2ccc(Br)cc2)NC1=O.CN. The number of hydrogen-bond donors (Lipinski definition) is 5. The lowest BCUT2D eigenvalue weighted by molar-refractivity contribution is -0.143. The van der Waals surface area contributed by atoms with Crippen LogP contribution in [0.1, 0.15) is 80.2 Å². The maximum atomic E-state index is 14.0. The summed E-state index contributed by atoms with van der Waals surface area (Å²) in [4.78, 5) is 70.4. The molecule has 1 aliphatic rings. The lowest BCUT2D eigenvalue weighted by Crippen LogP contribution is -2.59. The second kappa shape index (κ2) is 19.6. The van der Waals surface area contributed by atoms with E-state index in [1.54, 1.807) is 7.05 Å². The van der Waals surface area contributed by atoms with E-state index < -0.39 is 59.7 Å². The molecule has 0 saturated carbocycles. The summed E-state index contributed by atoms with van der Waals surface area (Å²) in [7, 11) is 3.07. The van der Waals surface area contributed by atoms with Crippen LogP contribution >= 0.6 is 15.9 Å². The molecule has 2 rings (SSSR count). The predicted molar refractivity (Wildman–Crippen MR) is 185 cm³/mol. The lowest BCUT2D eigenvalue weighted by Gasteiger charge is -2.34. The molecule has 1 heterocycles. The molecule has 46 heavy (non-hydrogen) atoms. The van der Waals surface area contributed by atoms with Crippen LogP contribution in [0.4, 0.5) is 0 Å². The molecule has 0 spiro atoms. The molecule has 0 unspecified atom stereocenters. The molecule has 5 amide bonds. The van der Waals surface area contributed by atoms with Gasteiger partial charge in [-0.1, -0.05) is 83.5 Å². The van der Waals surface area contributed by atoms with E-state index in [1.807, 2.05) is 79.7 Å². The molecule has 0 radical (unpaired) electrons. The van der Waals surface area contributed by atoms with Crippen LogP contribution in [-0.4, -0.2) is 78.7 Å². The number of hydrogen-bond acceptors (Lipinski definition) is 6. The van der Waals surface area contributed by atoms with Gasteiger partial charge in [-0.15, -0.1) is 0 Å². The average molecular weight is 710 g/mol. The fourth-order valence-corrected chi connectivity index (χ4v) is 5.60. The van der Waals surface area contributed by atoms with Crippen molar-refractivity contribution in [3.63, 3.8) is 0 Å². The molecule has 6 N–H and O–H groups in total. The third kappa shape index (κ3) is 13.0. The quantitative estimate of drug-likeness (QED) is 0.265. The van der Waals surface area contributed by atoms with Gasteiger partial charge in [-0.25, -0.2) is 0 Å². The van der Waals surface area contributed by atoms with E-state index >= 15 is 0 Å². The third-order valence-electron chi connectivity index (χ3n) is 7.71. The summed E-state index contributed by atoms with van der Waals surface area (Å²) in [6.45, 7) is 15.3. The Bertz CT molecular complexity index is 1160. The van der Waals surface area contributed by atoms with E-state index in [1.165, 1.54) is 11.9 Å². The first-order chi connectivity index (χ1) is 21.5. The highest BCUT2D eigenvalue weighted by molar-refractivity contribution is 9.10. The number of likely N-dealkylation sites (N-methyl/N-ethyl adjacent to an activating group) is 1. The maximum absolute atomic E-state index is 14.0. The third-order valence-corrected chi connectivity index (χ3v) is 8.24. The summed E-state index contributed by atoms with van der Waals surface area (Å²) in [5.74, 6) is -2.48. The first-order valence-corrected chi connectivity index (χ1v) is 17.1. The zero-order valence-electron chi connectivity index (χ0n) is 29.3. The molecule has 1 saturated heterocycles. The van der Waals surface area contributed by atoms with E-state index in [0.29, 0.717) is 19.3 Å². The molecule has 1 aromatic rings. The van der Waals surface area contributed by atoms with Crippen molar-refractivity contribution in [1.82, 2.24) is 26.2 Å². The summed E-state index contributed by atoms with van der Waals surface area (Å²) in [6, 6.07) is 2.76. The molecule has 1 aromatic carbocycles. The van der Waals surface area contributed by atoms with Crippen molar-refractivity contribution in [2.45, 2.75) is 111 Å². The number of amides is 5. The number of rotatable bonds is 9. The standard InChI is InChI=1S/C33H52BrN5O5.CH5N/c1-18(2)14-24-29(40)35-25(17-22-10-12-23(34)13-11-22)30(41)37-26(15-19(3)4)33(44)39(9)27(16-20(5)6)31(42)38-28(21(7)8)32(43)36-24;1-2/h10-13,18-21,24-28H,14-17H2,1-9H3,(H,35,40)(H,36,43)(H,37,41)(H,38,42);2H2,1H3/t24-,25-,26-,27-,28-;/m0./s1. The summed E-state index contributed by atoms with van der Waals surface area (Å²) in [5.41, 5.74) is 5.31. The molecule has 0 aromatic heterocycles. The predicted octanol–water partition coefficient (Wildman–Crippen LogP) is 3.14. The summed E-state index contributed by atoms with van der Waals surface area (Å²) >= 11 is 3.43. The van der Waals surface area contributed by atoms with E-state index in [2.05, 4.69) is 42.9 Å². The van der Waals surface area contributed by atoms with Crippen LogP contribution in [0, 0.1) is 23.7 Å². The summed E-state index contributed by atoms with van der Waals surface area (Å²) in [6.07, 6.45) is 1.21. The number of nitrogens with zero attached hydrogens (tertiary/aromatic N) is 1. The van der Waals surface area contributed by atoms with Crippen molar-refractivity contribution in [2.75, 3.05) is 14.1 Å². The summed E-state index contributed by atoms with van der Waals surface area (Å²) < 4.78 is 0.876. The van der Waals surface area contributed by atoms with E-state index in [-0.39, 0.29) is 30.1 Å². The van der Waals surface area contributed by atoms with Crippen LogP contribution in [-0.2, 0) is 30.4 Å². The van der Waals surface area contributed by atoms with Crippen LogP contribution < -0.4 is 27.0 Å². The van der Waals surface area contributed by atoms with Crippen LogP contribution in [0.3, 0.4) is 0 Å². The minimum Gasteiger partial charge on any atom is -0.343 e. The minimum absolute atomic E-state index is 0.0519.